The van der Waals surface area contributed by atoms with Crippen LogP contribution in [0, 0.1) is 5.92 Å². The van der Waals surface area contributed by atoms with Crippen LogP contribution in [-0.2, 0) is 9.53 Å². The predicted molar refractivity (Wildman–Crippen MR) is 90.0 cm³/mol. The molecular formula is C18H23N3O2. The fourth-order valence-electron chi connectivity index (χ4n) is 3.23. The maximum Gasteiger partial charge on any atom is 0.240 e. The zero-order chi connectivity index (χ0) is 16.6. The van der Waals surface area contributed by atoms with Gasteiger partial charge in [-0.25, -0.2) is 10.4 Å². The van der Waals surface area contributed by atoms with Gasteiger partial charge in [-0.3, -0.25) is 4.79 Å². The summed E-state index contributed by atoms with van der Waals surface area (Å²) in [5.74, 6) is 1.41. The number of carbonyl (C=O) groups is 1. The maximum absolute atomic E-state index is 11.5. The van der Waals surface area contributed by atoms with Crippen LogP contribution >= 0.6 is 0 Å². The molecule has 0 saturated carbocycles. The zero-order valence-corrected chi connectivity index (χ0v) is 14.1. The highest BCUT2D eigenvalue weighted by molar-refractivity contribution is 6.21. The van der Waals surface area contributed by atoms with Gasteiger partial charge in [-0.05, 0) is 24.0 Å². The first-order valence-electron chi connectivity index (χ1n) is 8.15. The minimum Gasteiger partial charge on any atom is -0.499 e. The van der Waals surface area contributed by atoms with Gasteiger partial charge in [0.15, 0.2) is 0 Å². The second-order valence-corrected chi connectivity index (χ2v) is 6.53. The molecule has 1 aromatic heterocycles. The molecule has 0 fully saturated rings. The number of hydrogen-bond donors (Lipinski definition) is 1. The number of nitrogens with one attached hydrogen (secondary N) is 1. The van der Waals surface area contributed by atoms with Crippen LogP contribution < -0.4 is 16.0 Å². The number of methoxy groups -OCH3 is 1. The first-order valence-corrected chi connectivity index (χ1v) is 8.15. The Morgan fingerprint density at radius 3 is 2.74 bits per heavy atom. The number of ether oxygens (including phenoxy) is 1. The molecule has 0 spiro atoms. The quantitative estimate of drug-likeness (QED) is 0.918. The van der Waals surface area contributed by atoms with Crippen molar-refractivity contribution in [1.29, 1.82) is 0 Å². The van der Waals surface area contributed by atoms with E-state index in [-0.39, 0.29) is 11.8 Å². The molecule has 5 nitrogen and oxygen atoms in total. The predicted octanol–water partition coefficient (Wildman–Crippen LogP) is 1.42. The number of rotatable bonds is 3. The average molecular weight is 313 g/mol. The molecule has 122 valence electrons. The van der Waals surface area contributed by atoms with E-state index in [9.17, 15) is 4.79 Å². The molecule has 1 N–H and O–H groups in total. The third-order valence-electron chi connectivity index (χ3n) is 4.51. The van der Waals surface area contributed by atoms with Gasteiger partial charge in [0.25, 0.3) is 0 Å². The fourth-order valence-corrected chi connectivity index (χ4v) is 3.23. The van der Waals surface area contributed by atoms with Crippen molar-refractivity contribution in [3.8, 4) is 0 Å². The normalized spacial score (nSPS) is 21.0. The largest absolute Gasteiger partial charge is 0.499 e. The van der Waals surface area contributed by atoms with Gasteiger partial charge in [-0.1, -0.05) is 26.8 Å². The van der Waals surface area contributed by atoms with Crippen LogP contribution in [0.25, 0.3) is 11.3 Å². The Balaban J connectivity index is 2.24. The summed E-state index contributed by atoms with van der Waals surface area (Å²) in [7, 11) is 1.70. The summed E-state index contributed by atoms with van der Waals surface area (Å²) in [5.41, 5.74) is 5.83. The minimum absolute atomic E-state index is 0.0182. The second-order valence-electron chi connectivity index (χ2n) is 6.53. The molecule has 0 bridgehead atoms. The number of hydrazone groups is 1. The number of hydrogen-bond acceptors (Lipinski definition) is 4. The van der Waals surface area contributed by atoms with E-state index in [1.807, 2.05) is 0 Å². The molecule has 23 heavy (non-hydrogen) atoms. The first-order chi connectivity index (χ1) is 11.0. The average Bonchev–Trinajstić information content (AvgIpc) is 2.53. The van der Waals surface area contributed by atoms with Crippen LogP contribution in [0.3, 0.4) is 0 Å². The van der Waals surface area contributed by atoms with Crippen molar-refractivity contribution in [3.05, 3.63) is 28.4 Å². The van der Waals surface area contributed by atoms with Gasteiger partial charge in [0.1, 0.15) is 11.1 Å². The van der Waals surface area contributed by atoms with Gasteiger partial charge >= 0.3 is 0 Å². The van der Waals surface area contributed by atoms with Gasteiger partial charge in [-0.15, -0.1) is 0 Å². The van der Waals surface area contributed by atoms with Crippen molar-refractivity contribution in [2.45, 2.75) is 46.0 Å². The van der Waals surface area contributed by atoms with Gasteiger partial charge in [0.05, 0.1) is 12.8 Å². The molecule has 0 radical (unpaired) electrons. The number of aromatic nitrogens is 1. The van der Waals surface area contributed by atoms with Gasteiger partial charge < -0.3 is 4.74 Å². The molecule has 2 aliphatic rings. The van der Waals surface area contributed by atoms with Crippen molar-refractivity contribution in [1.82, 2.24) is 10.4 Å². The third kappa shape index (κ3) is 2.87. The zero-order valence-electron chi connectivity index (χ0n) is 14.1. The summed E-state index contributed by atoms with van der Waals surface area (Å²) in [6.07, 6.45) is 2.15. The topological polar surface area (TPSA) is 63.6 Å². The number of fused-ring (bicyclic) bond motifs is 1. The lowest BCUT2D eigenvalue weighted by Gasteiger charge is -2.24. The summed E-state index contributed by atoms with van der Waals surface area (Å²) in [6, 6.07) is 4.20. The SMILES string of the molecule is COC1=c2nc(C(C)C)ccc2=C(C2=NNC(=O)CC2C)CC1. The van der Waals surface area contributed by atoms with E-state index >= 15 is 0 Å². The molecule has 0 aromatic carbocycles. The number of amides is 1. The Morgan fingerprint density at radius 1 is 1.30 bits per heavy atom. The van der Waals surface area contributed by atoms with Crippen LogP contribution in [0.1, 0.15) is 51.6 Å². The van der Waals surface area contributed by atoms with E-state index < -0.39 is 0 Å². The van der Waals surface area contributed by atoms with Crippen LogP contribution in [0.2, 0.25) is 0 Å². The molecule has 1 aliphatic heterocycles. The molecule has 0 saturated heterocycles. The van der Waals surface area contributed by atoms with Crippen LogP contribution in [0.15, 0.2) is 17.2 Å². The smallest absolute Gasteiger partial charge is 0.240 e. The Hall–Kier alpha value is -2.17. The van der Waals surface area contributed by atoms with Gasteiger partial charge in [0, 0.05) is 29.7 Å². The second kappa shape index (κ2) is 6.14. The lowest BCUT2D eigenvalue weighted by Crippen LogP contribution is -2.41. The molecule has 3 rings (SSSR count). The van der Waals surface area contributed by atoms with E-state index in [4.69, 9.17) is 9.72 Å². The third-order valence-corrected chi connectivity index (χ3v) is 4.51. The first kappa shape index (κ1) is 15.7. The molecule has 1 unspecified atom stereocenters. The Morgan fingerprint density at radius 2 is 2.09 bits per heavy atom. The van der Waals surface area contributed by atoms with E-state index in [1.54, 1.807) is 7.11 Å². The highest BCUT2D eigenvalue weighted by Crippen LogP contribution is 2.23. The lowest BCUT2D eigenvalue weighted by molar-refractivity contribution is -0.121. The highest BCUT2D eigenvalue weighted by Gasteiger charge is 2.26. The van der Waals surface area contributed by atoms with Gasteiger partial charge in [0.2, 0.25) is 5.91 Å². The fraction of sp³-hybridized carbons (Fsp3) is 0.500. The maximum atomic E-state index is 11.5. The van der Waals surface area contributed by atoms with Crippen LogP contribution in [0.5, 0.6) is 0 Å². The molecule has 2 heterocycles. The molecule has 1 aliphatic carbocycles. The summed E-state index contributed by atoms with van der Waals surface area (Å²) < 4.78 is 5.56. The Labute approximate surface area is 136 Å². The van der Waals surface area contributed by atoms with Crippen LogP contribution in [0.4, 0.5) is 0 Å². The standard InChI is InChI=1S/C18H23N3O2/c1-10(2)14-7-5-13-12(6-8-15(23-4)18(13)19-14)17-11(3)9-16(22)20-21-17/h5,7,10-11H,6,8-9H2,1-4H3,(H,20,22). The number of pyridine rings is 1. The molecular weight excluding hydrogens is 290 g/mol. The van der Waals surface area contributed by atoms with E-state index in [2.05, 4.69) is 43.4 Å². The van der Waals surface area contributed by atoms with Crippen molar-refractivity contribution in [2.75, 3.05) is 7.11 Å². The summed E-state index contributed by atoms with van der Waals surface area (Å²) in [5, 5.41) is 6.33. The molecule has 1 amide bonds. The van der Waals surface area contributed by atoms with Crippen molar-refractivity contribution in [2.24, 2.45) is 11.0 Å². The summed E-state index contributed by atoms with van der Waals surface area (Å²) >= 11 is 0. The molecule has 5 heteroatoms. The van der Waals surface area contributed by atoms with E-state index in [0.717, 1.165) is 40.6 Å². The van der Waals surface area contributed by atoms with Gasteiger partial charge in [-0.2, -0.15) is 5.10 Å². The van der Waals surface area contributed by atoms with Crippen molar-refractivity contribution < 1.29 is 9.53 Å². The minimum atomic E-state index is -0.0182. The van der Waals surface area contributed by atoms with E-state index in [0.29, 0.717) is 12.3 Å². The molecule has 1 atom stereocenters. The van der Waals surface area contributed by atoms with Crippen molar-refractivity contribution in [3.63, 3.8) is 0 Å². The Bertz CT molecular complexity index is 793. The Kier molecular flexibility index (Phi) is 4.20. The van der Waals surface area contributed by atoms with Crippen LogP contribution in [-0.4, -0.2) is 23.7 Å². The van der Waals surface area contributed by atoms with Crippen molar-refractivity contribution >= 4 is 23.0 Å². The summed E-state index contributed by atoms with van der Waals surface area (Å²) in [4.78, 5) is 16.3. The number of carbonyl (C=O) groups excluding carboxylic acids is 1. The number of nitrogens with zero attached hydrogens (tertiary/aromatic N) is 2. The monoisotopic (exact) mass is 313 g/mol. The lowest BCUT2D eigenvalue weighted by atomic mass is 9.88. The summed E-state index contributed by atoms with van der Waals surface area (Å²) in [6.45, 7) is 6.32. The van der Waals surface area contributed by atoms with E-state index in [1.165, 1.54) is 5.57 Å². The molecule has 1 aromatic rings. The highest BCUT2D eigenvalue weighted by atomic mass is 16.5.